The van der Waals surface area contributed by atoms with Gasteiger partial charge in [0, 0.05) is 20.5 Å². The lowest BCUT2D eigenvalue weighted by atomic mass is 10.2. The number of carbonyl (C=O) groups is 2. The summed E-state index contributed by atoms with van der Waals surface area (Å²) in [5.74, 6) is 1.11. The second-order valence-corrected chi connectivity index (χ2v) is 6.79. The smallest absolute Gasteiger partial charge is 0.291 e. The van der Waals surface area contributed by atoms with Gasteiger partial charge in [0.25, 0.3) is 5.91 Å². The Morgan fingerprint density at radius 3 is 2.93 bits per heavy atom. The molecule has 1 amide bonds. The summed E-state index contributed by atoms with van der Waals surface area (Å²) in [7, 11) is 3.82. The van der Waals surface area contributed by atoms with Crippen LogP contribution in [-0.2, 0) is 11.2 Å². The molecule has 144 valence electrons. The van der Waals surface area contributed by atoms with E-state index < -0.39 is 11.9 Å². The lowest BCUT2D eigenvalue weighted by Gasteiger charge is -2.19. The van der Waals surface area contributed by atoms with Crippen LogP contribution in [0.3, 0.4) is 0 Å². The standard InChI is InChI=1S/C19H25N5O3/c1-4-14-9-10-17-21-18(22-24(14)17)19(26)20-13(11-25)12-27-16-8-6-5-7-15(16)23(2)3/h5-8,11,13-14H,4,9-10,12H2,1-3H3,(H,20,26)/t13-,14?/m1/s1. The number of fused-ring (bicyclic) bond motifs is 1. The highest BCUT2D eigenvalue weighted by Gasteiger charge is 2.27. The number of carbonyl (C=O) groups excluding carboxylic acids is 2. The van der Waals surface area contributed by atoms with Crippen molar-refractivity contribution in [1.29, 1.82) is 0 Å². The zero-order chi connectivity index (χ0) is 19.4. The summed E-state index contributed by atoms with van der Waals surface area (Å²) in [4.78, 5) is 30.1. The van der Waals surface area contributed by atoms with E-state index in [1.54, 1.807) is 0 Å². The van der Waals surface area contributed by atoms with Gasteiger partial charge in [0.2, 0.25) is 5.82 Å². The minimum Gasteiger partial charge on any atom is -0.489 e. The fourth-order valence-corrected chi connectivity index (χ4v) is 3.19. The normalized spacial score (nSPS) is 16.5. The molecular formula is C19H25N5O3. The van der Waals surface area contributed by atoms with Gasteiger partial charge in [-0.2, -0.15) is 0 Å². The maximum atomic E-state index is 12.4. The van der Waals surface area contributed by atoms with Crippen molar-refractivity contribution in [3.8, 4) is 5.75 Å². The first-order valence-electron chi connectivity index (χ1n) is 9.14. The van der Waals surface area contributed by atoms with Gasteiger partial charge in [0.05, 0.1) is 11.7 Å². The monoisotopic (exact) mass is 371 g/mol. The van der Waals surface area contributed by atoms with Crippen LogP contribution in [0.2, 0.25) is 0 Å². The Labute approximate surface area is 158 Å². The summed E-state index contributed by atoms with van der Waals surface area (Å²) in [6.07, 6.45) is 3.44. The second kappa shape index (κ2) is 8.20. The highest BCUT2D eigenvalue weighted by Crippen LogP contribution is 2.27. The van der Waals surface area contributed by atoms with E-state index in [0.717, 1.165) is 30.8 Å². The number of amides is 1. The molecule has 2 atom stereocenters. The number of nitrogens with zero attached hydrogens (tertiary/aromatic N) is 4. The number of aromatic nitrogens is 3. The molecule has 1 aromatic heterocycles. The molecule has 0 spiro atoms. The molecule has 1 aliphatic rings. The average molecular weight is 371 g/mol. The summed E-state index contributed by atoms with van der Waals surface area (Å²) in [6, 6.07) is 7.02. The van der Waals surface area contributed by atoms with Crippen LogP contribution in [0, 0.1) is 0 Å². The predicted molar refractivity (Wildman–Crippen MR) is 101 cm³/mol. The van der Waals surface area contributed by atoms with E-state index in [4.69, 9.17) is 4.74 Å². The van der Waals surface area contributed by atoms with Crippen LogP contribution in [0.4, 0.5) is 5.69 Å². The number of anilines is 1. The van der Waals surface area contributed by atoms with Crippen LogP contribution >= 0.6 is 0 Å². The van der Waals surface area contributed by atoms with Gasteiger partial charge < -0.3 is 19.7 Å². The molecule has 8 heteroatoms. The van der Waals surface area contributed by atoms with Crippen LogP contribution in [-0.4, -0.2) is 53.7 Å². The van der Waals surface area contributed by atoms with Gasteiger partial charge in [-0.15, -0.1) is 5.10 Å². The number of ether oxygens (including phenoxy) is 1. The highest BCUT2D eigenvalue weighted by atomic mass is 16.5. The maximum absolute atomic E-state index is 12.4. The fourth-order valence-electron chi connectivity index (χ4n) is 3.19. The zero-order valence-corrected chi connectivity index (χ0v) is 15.9. The maximum Gasteiger partial charge on any atom is 0.291 e. The number of rotatable bonds is 8. The third-order valence-electron chi connectivity index (χ3n) is 4.67. The summed E-state index contributed by atoms with van der Waals surface area (Å²) < 4.78 is 7.58. The van der Waals surface area contributed by atoms with Gasteiger partial charge in [-0.05, 0) is 25.0 Å². The van der Waals surface area contributed by atoms with E-state index in [2.05, 4.69) is 22.3 Å². The summed E-state index contributed by atoms with van der Waals surface area (Å²) >= 11 is 0. The Morgan fingerprint density at radius 2 is 2.22 bits per heavy atom. The zero-order valence-electron chi connectivity index (χ0n) is 15.9. The number of aryl methyl sites for hydroxylation is 1. The third-order valence-corrected chi connectivity index (χ3v) is 4.67. The van der Waals surface area contributed by atoms with Crippen molar-refractivity contribution in [2.75, 3.05) is 25.6 Å². The molecule has 1 N–H and O–H groups in total. The minimum atomic E-state index is -0.784. The van der Waals surface area contributed by atoms with Gasteiger partial charge in [-0.3, -0.25) is 4.79 Å². The van der Waals surface area contributed by atoms with Crippen molar-refractivity contribution in [1.82, 2.24) is 20.1 Å². The topological polar surface area (TPSA) is 89.3 Å². The Bertz CT molecular complexity index is 817. The molecule has 1 aromatic carbocycles. The van der Waals surface area contributed by atoms with Crippen LogP contribution in [0.1, 0.15) is 42.3 Å². The average Bonchev–Trinajstić information content (AvgIpc) is 3.25. The molecule has 0 radical (unpaired) electrons. The SMILES string of the molecule is CCC1CCc2nc(C(=O)N[C@H](C=O)COc3ccccc3N(C)C)nn21. The van der Waals surface area contributed by atoms with Crippen molar-refractivity contribution in [3.63, 3.8) is 0 Å². The van der Waals surface area contributed by atoms with E-state index in [-0.39, 0.29) is 12.4 Å². The van der Waals surface area contributed by atoms with Crippen LogP contribution < -0.4 is 15.0 Å². The number of hydrogen-bond acceptors (Lipinski definition) is 6. The molecule has 0 bridgehead atoms. The highest BCUT2D eigenvalue weighted by molar-refractivity contribution is 5.92. The third kappa shape index (κ3) is 4.10. The lowest BCUT2D eigenvalue weighted by Crippen LogP contribution is -2.41. The molecule has 2 aromatic rings. The first-order chi connectivity index (χ1) is 13.0. The van der Waals surface area contributed by atoms with Crippen LogP contribution in [0.25, 0.3) is 0 Å². The molecular weight excluding hydrogens is 346 g/mol. The van der Waals surface area contributed by atoms with Crippen molar-refractivity contribution in [2.24, 2.45) is 0 Å². The predicted octanol–water partition coefficient (Wildman–Crippen LogP) is 1.62. The Kier molecular flexibility index (Phi) is 5.73. The van der Waals surface area contributed by atoms with Crippen molar-refractivity contribution in [2.45, 2.75) is 38.3 Å². The fraction of sp³-hybridized carbons (Fsp3) is 0.474. The van der Waals surface area contributed by atoms with Gasteiger partial charge in [-0.1, -0.05) is 19.1 Å². The molecule has 0 saturated heterocycles. The molecule has 0 saturated carbocycles. The summed E-state index contributed by atoms with van der Waals surface area (Å²) in [6.45, 7) is 2.12. The molecule has 8 nitrogen and oxygen atoms in total. The van der Waals surface area contributed by atoms with Crippen molar-refractivity contribution in [3.05, 3.63) is 35.9 Å². The van der Waals surface area contributed by atoms with E-state index in [1.165, 1.54) is 0 Å². The van der Waals surface area contributed by atoms with E-state index in [1.807, 2.05) is 47.9 Å². The number of para-hydroxylation sites is 2. The molecule has 1 unspecified atom stereocenters. The number of benzene rings is 1. The first-order valence-corrected chi connectivity index (χ1v) is 9.14. The van der Waals surface area contributed by atoms with E-state index in [0.29, 0.717) is 18.1 Å². The molecule has 0 aliphatic carbocycles. The Balaban J connectivity index is 1.62. The van der Waals surface area contributed by atoms with Gasteiger partial charge in [0.1, 0.15) is 30.5 Å². The van der Waals surface area contributed by atoms with Crippen molar-refractivity contribution < 1.29 is 14.3 Å². The largest absolute Gasteiger partial charge is 0.489 e. The number of nitrogens with one attached hydrogen (secondary N) is 1. The summed E-state index contributed by atoms with van der Waals surface area (Å²) in [5, 5.41) is 6.96. The Morgan fingerprint density at radius 1 is 1.44 bits per heavy atom. The van der Waals surface area contributed by atoms with Gasteiger partial charge in [0.15, 0.2) is 0 Å². The number of hydrogen-bond donors (Lipinski definition) is 1. The first kappa shape index (κ1) is 18.9. The van der Waals surface area contributed by atoms with E-state index in [9.17, 15) is 9.59 Å². The van der Waals surface area contributed by atoms with Crippen LogP contribution in [0.5, 0.6) is 5.75 Å². The molecule has 0 fully saturated rings. The molecule has 27 heavy (non-hydrogen) atoms. The lowest BCUT2D eigenvalue weighted by molar-refractivity contribution is -0.110. The Hall–Kier alpha value is -2.90. The second-order valence-electron chi connectivity index (χ2n) is 6.79. The van der Waals surface area contributed by atoms with E-state index >= 15 is 0 Å². The van der Waals surface area contributed by atoms with Crippen molar-refractivity contribution >= 4 is 17.9 Å². The van der Waals surface area contributed by atoms with Gasteiger partial charge in [-0.25, -0.2) is 9.67 Å². The summed E-state index contributed by atoms with van der Waals surface area (Å²) in [5.41, 5.74) is 0.895. The van der Waals surface area contributed by atoms with Crippen LogP contribution in [0.15, 0.2) is 24.3 Å². The number of aldehydes is 1. The molecule has 2 heterocycles. The molecule has 1 aliphatic heterocycles. The van der Waals surface area contributed by atoms with Gasteiger partial charge >= 0.3 is 0 Å². The molecule has 3 rings (SSSR count). The minimum absolute atomic E-state index is 0.0330. The quantitative estimate of drug-likeness (QED) is 0.709.